The topological polar surface area (TPSA) is 38.0 Å². The van der Waals surface area contributed by atoms with Crippen LogP contribution in [0, 0.1) is 0 Å². The smallest absolute Gasteiger partial charge is 0.0359 e. The van der Waals surface area contributed by atoms with Crippen LogP contribution in [0.2, 0.25) is 0 Å². The van der Waals surface area contributed by atoms with Crippen molar-refractivity contribution >= 4 is 17.4 Å². The first-order chi connectivity index (χ1) is 7.27. The molecule has 0 aromatic heterocycles. The van der Waals surface area contributed by atoms with Crippen LogP contribution in [0.25, 0.3) is 0 Å². The summed E-state index contributed by atoms with van der Waals surface area (Å²) in [6.45, 7) is 3.08. The lowest BCUT2D eigenvalue weighted by atomic mass is 10.1. The summed E-state index contributed by atoms with van der Waals surface area (Å²) in [7, 11) is 0. The maximum Gasteiger partial charge on any atom is 0.0359 e. The maximum atomic E-state index is 5.88. The van der Waals surface area contributed by atoms with Gasteiger partial charge < -0.3 is 11.1 Å². The Bertz CT molecular complexity index is 289. The first kappa shape index (κ1) is 12.4. The Kier molecular flexibility index (Phi) is 5.58. The van der Waals surface area contributed by atoms with Gasteiger partial charge in [-0.1, -0.05) is 25.1 Å². The number of thioether (sulfide) groups is 1. The third-order valence-corrected chi connectivity index (χ3v) is 3.23. The molecule has 3 N–H and O–H groups in total. The number of para-hydroxylation sites is 1. The fraction of sp³-hybridized carbons (Fsp3) is 0.500. The second kappa shape index (κ2) is 6.75. The Labute approximate surface area is 96.6 Å². The molecular weight excluding hydrogens is 204 g/mol. The second-order valence-corrected chi connectivity index (χ2v) is 4.55. The molecule has 84 valence electrons. The maximum absolute atomic E-state index is 5.88. The van der Waals surface area contributed by atoms with Crippen molar-refractivity contribution in [3.63, 3.8) is 0 Å². The molecule has 0 radical (unpaired) electrons. The molecule has 0 aliphatic heterocycles. The van der Waals surface area contributed by atoms with E-state index in [-0.39, 0.29) is 0 Å². The van der Waals surface area contributed by atoms with Crippen LogP contribution in [0.1, 0.15) is 18.9 Å². The highest BCUT2D eigenvalue weighted by Crippen LogP contribution is 2.11. The molecule has 1 rings (SSSR count). The zero-order valence-corrected chi connectivity index (χ0v) is 10.3. The molecule has 0 saturated carbocycles. The van der Waals surface area contributed by atoms with E-state index in [4.69, 9.17) is 5.73 Å². The van der Waals surface area contributed by atoms with E-state index in [0.29, 0.717) is 6.04 Å². The first-order valence-corrected chi connectivity index (χ1v) is 6.73. The van der Waals surface area contributed by atoms with E-state index in [1.165, 1.54) is 5.56 Å². The van der Waals surface area contributed by atoms with Crippen LogP contribution in [-0.2, 0) is 6.54 Å². The molecule has 1 aromatic carbocycles. The quantitative estimate of drug-likeness (QED) is 0.729. The molecule has 0 aliphatic rings. The lowest BCUT2D eigenvalue weighted by Gasteiger charge is -2.16. The van der Waals surface area contributed by atoms with E-state index in [2.05, 4.69) is 24.6 Å². The van der Waals surface area contributed by atoms with Crippen molar-refractivity contribution in [3.8, 4) is 0 Å². The highest BCUT2D eigenvalue weighted by atomic mass is 32.2. The van der Waals surface area contributed by atoms with Gasteiger partial charge in [-0.25, -0.2) is 0 Å². The zero-order valence-electron chi connectivity index (χ0n) is 9.49. The Balaban J connectivity index is 2.45. The van der Waals surface area contributed by atoms with Gasteiger partial charge in [-0.2, -0.15) is 11.8 Å². The van der Waals surface area contributed by atoms with Gasteiger partial charge in [-0.05, 0) is 24.3 Å². The Hall–Kier alpha value is -0.670. The van der Waals surface area contributed by atoms with Gasteiger partial charge in [0.05, 0.1) is 0 Å². The monoisotopic (exact) mass is 224 g/mol. The fourth-order valence-corrected chi connectivity index (χ4v) is 2.23. The van der Waals surface area contributed by atoms with Crippen LogP contribution >= 0.6 is 11.8 Å². The SMILES string of the molecule is CCC(CSC)NCc1ccccc1N. The number of hydrogen-bond acceptors (Lipinski definition) is 3. The van der Waals surface area contributed by atoms with E-state index < -0.39 is 0 Å². The van der Waals surface area contributed by atoms with E-state index in [1.54, 1.807) is 0 Å². The minimum Gasteiger partial charge on any atom is -0.398 e. The molecule has 0 saturated heterocycles. The van der Waals surface area contributed by atoms with Crippen molar-refractivity contribution in [1.82, 2.24) is 5.32 Å². The van der Waals surface area contributed by atoms with Crippen LogP contribution in [0.4, 0.5) is 5.69 Å². The third kappa shape index (κ3) is 4.14. The number of rotatable bonds is 6. The Morgan fingerprint density at radius 3 is 2.73 bits per heavy atom. The van der Waals surface area contributed by atoms with Crippen molar-refractivity contribution in [1.29, 1.82) is 0 Å². The Morgan fingerprint density at radius 1 is 1.40 bits per heavy atom. The van der Waals surface area contributed by atoms with E-state index in [1.807, 2.05) is 30.0 Å². The highest BCUT2D eigenvalue weighted by molar-refractivity contribution is 7.98. The largest absolute Gasteiger partial charge is 0.398 e. The molecule has 1 aromatic rings. The van der Waals surface area contributed by atoms with Gasteiger partial charge in [0.15, 0.2) is 0 Å². The van der Waals surface area contributed by atoms with Crippen LogP contribution in [-0.4, -0.2) is 18.1 Å². The summed E-state index contributed by atoms with van der Waals surface area (Å²) in [6, 6.07) is 8.61. The fourth-order valence-electron chi connectivity index (χ4n) is 1.47. The summed E-state index contributed by atoms with van der Waals surface area (Å²) in [5.41, 5.74) is 7.95. The van der Waals surface area contributed by atoms with Gasteiger partial charge in [0, 0.05) is 24.0 Å². The number of nitrogens with two attached hydrogens (primary N) is 1. The highest BCUT2D eigenvalue weighted by Gasteiger charge is 2.05. The molecule has 1 unspecified atom stereocenters. The van der Waals surface area contributed by atoms with E-state index in [9.17, 15) is 0 Å². The molecule has 3 heteroatoms. The average Bonchev–Trinajstić information content (AvgIpc) is 2.26. The van der Waals surface area contributed by atoms with Crippen LogP contribution in [0.5, 0.6) is 0 Å². The lowest BCUT2D eigenvalue weighted by Crippen LogP contribution is -2.30. The van der Waals surface area contributed by atoms with Gasteiger partial charge in [-0.3, -0.25) is 0 Å². The standard InChI is InChI=1S/C12H20N2S/c1-3-11(9-15-2)14-8-10-6-4-5-7-12(10)13/h4-7,11,14H,3,8-9,13H2,1-2H3. The summed E-state index contributed by atoms with van der Waals surface area (Å²) < 4.78 is 0. The molecule has 0 spiro atoms. The van der Waals surface area contributed by atoms with Gasteiger partial charge in [-0.15, -0.1) is 0 Å². The van der Waals surface area contributed by atoms with Crippen LogP contribution in [0.3, 0.4) is 0 Å². The Morgan fingerprint density at radius 2 is 2.13 bits per heavy atom. The molecule has 0 fully saturated rings. The minimum atomic E-state index is 0.583. The van der Waals surface area contributed by atoms with Gasteiger partial charge in [0.2, 0.25) is 0 Å². The minimum absolute atomic E-state index is 0.583. The second-order valence-electron chi connectivity index (χ2n) is 3.64. The predicted octanol–water partition coefficient (Wildman–Crippen LogP) is 2.50. The van der Waals surface area contributed by atoms with Gasteiger partial charge in [0.25, 0.3) is 0 Å². The van der Waals surface area contributed by atoms with Gasteiger partial charge >= 0.3 is 0 Å². The molecule has 0 aliphatic carbocycles. The number of nitrogens with one attached hydrogen (secondary N) is 1. The number of hydrogen-bond donors (Lipinski definition) is 2. The van der Waals surface area contributed by atoms with E-state index >= 15 is 0 Å². The van der Waals surface area contributed by atoms with Crippen molar-refractivity contribution in [2.24, 2.45) is 0 Å². The predicted molar refractivity (Wildman–Crippen MR) is 70.2 cm³/mol. The summed E-state index contributed by atoms with van der Waals surface area (Å²) >= 11 is 1.88. The third-order valence-electron chi connectivity index (χ3n) is 2.50. The van der Waals surface area contributed by atoms with Crippen LogP contribution < -0.4 is 11.1 Å². The first-order valence-electron chi connectivity index (χ1n) is 5.33. The molecule has 0 amide bonds. The summed E-state index contributed by atoms with van der Waals surface area (Å²) in [6.07, 6.45) is 3.30. The summed E-state index contributed by atoms with van der Waals surface area (Å²) in [5, 5.41) is 3.53. The van der Waals surface area contributed by atoms with Crippen molar-refractivity contribution in [2.45, 2.75) is 25.9 Å². The van der Waals surface area contributed by atoms with Crippen molar-refractivity contribution in [2.75, 3.05) is 17.7 Å². The van der Waals surface area contributed by atoms with Crippen LogP contribution in [0.15, 0.2) is 24.3 Å². The molecule has 15 heavy (non-hydrogen) atoms. The molecule has 1 atom stereocenters. The number of nitrogen functional groups attached to an aromatic ring is 1. The van der Waals surface area contributed by atoms with Crippen molar-refractivity contribution < 1.29 is 0 Å². The summed E-state index contributed by atoms with van der Waals surface area (Å²) in [5.74, 6) is 1.16. The summed E-state index contributed by atoms with van der Waals surface area (Å²) in [4.78, 5) is 0. The number of anilines is 1. The van der Waals surface area contributed by atoms with Gasteiger partial charge in [0.1, 0.15) is 0 Å². The molecule has 0 bridgehead atoms. The average molecular weight is 224 g/mol. The normalized spacial score (nSPS) is 12.7. The van der Waals surface area contributed by atoms with Crippen molar-refractivity contribution in [3.05, 3.63) is 29.8 Å². The molecule has 0 heterocycles. The van der Waals surface area contributed by atoms with E-state index in [0.717, 1.165) is 24.4 Å². The molecular formula is C12H20N2S. The lowest BCUT2D eigenvalue weighted by molar-refractivity contribution is 0.542. The zero-order chi connectivity index (χ0) is 11.1. The number of benzene rings is 1. The molecule has 2 nitrogen and oxygen atoms in total.